The maximum Gasteiger partial charge on any atom is 0.115 e. The van der Waals surface area contributed by atoms with Crippen molar-refractivity contribution >= 4 is 0 Å². The zero-order valence-corrected chi connectivity index (χ0v) is 14.6. The highest BCUT2D eigenvalue weighted by molar-refractivity contribution is 5.41. The number of aryl methyl sites for hydroxylation is 1. The normalized spacial score (nSPS) is 46.2. The number of phenolic OH excluding ortho intramolecular Hbond substituents is 1. The molecule has 0 heterocycles. The van der Waals surface area contributed by atoms with Crippen molar-refractivity contribution < 1.29 is 10.2 Å². The Kier molecular flexibility index (Phi) is 2.92. The molecule has 0 aromatic heterocycles. The number of hydrogen-bond donors (Lipinski definition) is 2. The van der Waals surface area contributed by atoms with Gasteiger partial charge in [-0.2, -0.15) is 0 Å². The third-order valence-electron chi connectivity index (χ3n) is 8.43. The van der Waals surface area contributed by atoms with Crippen LogP contribution in [-0.2, 0) is 6.42 Å². The minimum Gasteiger partial charge on any atom is -0.508 e. The summed E-state index contributed by atoms with van der Waals surface area (Å²) in [5.74, 6) is 2.74. The van der Waals surface area contributed by atoms with E-state index in [0.717, 1.165) is 37.7 Å². The monoisotopic (exact) mass is 324 g/mol. The van der Waals surface area contributed by atoms with Crippen LogP contribution in [0, 0.1) is 23.2 Å². The molecule has 4 aliphatic carbocycles. The number of aromatic hydroxyl groups is 1. The van der Waals surface area contributed by atoms with Gasteiger partial charge in [0, 0.05) is 5.41 Å². The van der Waals surface area contributed by atoms with E-state index in [1.165, 1.54) is 24.0 Å². The predicted molar refractivity (Wildman–Crippen MR) is 94.9 cm³/mol. The van der Waals surface area contributed by atoms with Gasteiger partial charge in [0.2, 0.25) is 0 Å². The first-order chi connectivity index (χ1) is 11.4. The van der Waals surface area contributed by atoms with Crippen LogP contribution in [-0.4, -0.2) is 15.8 Å². The quantitative estimate of drug-likeness (QED) is 0.687. The summed E-state index contributed by atoms with van der Waals surface area (Å²) in [6, 6.07) is 5.99. The van der Waals surface area contributed by atoms with Gasteiger partial charge in [0.1, 0.15) is 5.75 Å². The highest BCUT2D eigenvalue weighted by Crippen LogP contribution is 2.70. The summed E-state index contributed by atoms with van der Waals surface area (Å²) < 4.78 is 0. The van der Waals surface area contributed by atoms with Crippen LogP contribution in [0.2, 0.25) is 0 Å². The Bertz CT molecular complexity index is 723. The van der Waals surface area contributed by atoms with Crippen molar-refractivity contribution in [1.82, 2.24) is 0 Å². The Morgan fingerprint density at radius 1 is 1.17 bits per heavy atom. The van der Waals surface area contributed by atoms with E-state index in [4.69, 9.17) is 0 Å². The molecule has 0 aliphatic heterocycles. The van der Waals surface area contributed by atoms with Crippen LogP contribution >= 0.6 is 0 Å². The Hall–Kier alpha value is -1.28. The van der Waals surface area contributed by atoms with Gasteiger partial charge in [0.25, 0.3) is 0 Å². The van der Waals surface area contributed by atoms with Crippen LogP contribution < -0.4 is 0 Å². The molecule has 2 heteroatoms. The third kappa shape index (κ3) is 1.61. The lowest BCUT2D eigenvalue weighted by molar-refractivity contribution is -0.0859. The van der Waals surface area contributed by atoms with Crippen molar-refractivity contribution in [2.45, 2.75) is 63.4 Å². The molecule has 3 saturated carbocycles. The first-order valence-electron chi connectivity index (χ1n) is 9.67. The Morgan fingerprint density at radius 2 is 2.00 bits per heavy atom. The fraction of sp³-hybridized carbons (Fsp3) is 0.636. The molecule has 0 bridgehead atoms. The zero-order valence-electron chi connectivity index (χ0n) is 14.6. The number of fused-ring (bicyclic) bond motifs is 7. The highest BCUT2D eigenvalue weighted by atomic mass is 16.3. The molecule has 0 amide bonds. The lowest BCUT2D eigenvalue weighted by Gasteiger charge is -2.53. The second-order valence-corrected chi connectivity index (χ2v) is 9.10. The SMILES string of the molecule is C=C1CC[C@H]2C[C@H]3[C@@H]4CCc5cc(O)ccc5[C@H]4CC[C@]3(C)[C@@]12O. The van der Waals surface area contributed by atoms with Gasteiger partial charge in [-0.1, -0.05) is 19.6 Å². The molecule has 128 valence electrons. The number of rotatable bonds is 0. The predicted octanol–water partition coefficient (Wildman–Crippen LogP) is 4.56. The standard InChI is InChI=1S/C22H28O2/c1-13-3-5-15-12-20-19-7-4-14-11-16(23)6-8-17(14)18(19)9-10-21(20,2)22(13,15)24/h6,8,11,15,18-20,23-24H,1,3-5,7,9-10,12H2,2H3/t15-,18+,19+,20-,21-,22+/m0/s1. The number of benzene rings is 1. The Balaban J connectivity index is 1.55. The molecule has 3 fully saturated rings. The summed E-state index contributed by atoms with van der Waals surface area (Å²) in [6.07, 6.45) is 7.87. The zero-order chi connectivity index (χ0) is 16.7. The molecule has 0 saturated heterocycles. The van der Waals surface area contributed by atoms with E-state index in [2.05, 4.69) is 19.6 Å². The van der Waals surface area contributed by atoms with Gasteiger partial charge in [-0.25, -0.2) is 0 Å². The second-order valence-electron chi connectivity index (χ2n) is 9.10. The van der Waals surface area contributed by atoms with Crippen LogP contribution in [0.25, 0.3) is 0 Å². The third-order valence-corrected chi connectivity index (χ3v) is 8.43. The maximum absolute atomic E-state index is 11.6. The Morgan fingerprint density at radius 3 is 2.83 bits per heavy atom. The van der Waals surface area contributed by atoms with Crippen molar-refractivity contribution in [3.8, 4) is 5.75 Å². The van der Waals surface area contributed by atoms with Crippen molar-refractivity contribution in [3.05, 3.63) is 41.5 Å². The Labute approximate surface area is 144 Å². The van der Waals surface area contributed by atoms with Crippen molar-refractivity contribution in [2.24, 2.45) is 23.2 Å². The number of hydrogen-bond acceptors (Lipinski definition) is 2. The minimum absolute atomic E-state index is 0.0147. The molecule has 0 radical (unpaired) electrons. The molecule has 2 nitrogen and oxygen atoms in total. The first kappa shape index (κ1) is 15.0. The van der Waals surface area contributed by atoms with E-state index in [1.807, 2.05) is 12.1 Å². The van der Waals surface area contributed by atoms with E-state index < -0.39 is 5.60 Å². The maximum atomic E-state index is 11.6. The summed E-state index contributed by atoms with van der Waals surface area (Å²) in [7, 11) is 0. The lowest BCUT2D eigenvalue weighted by atomic mass is 9.52. The van der Waals surface area contributed by atoms with Crippen LogP contribution in [0.5, 0.6) is 5.75 Å². The van der Waals surface area contributed by atoms with Crippen molar-refractivity contribution in [2.75, 3.05) is 0 Å². The van der Waals surface area contributed by atoms with E-state index in [9.17, 15) is 10.2 Å². The fourth-order valence-electron chi connectivity index (χ4n) is 7.30. The van der Waals surface area contributed by atoms with Gasteiger partial charge in [0.05, 0.1) is 5.60 Å². The molecule has 0 spiro atoms. The molecule has 1 aromatic rings. The molecule has 5 rings (SSSR count). The van der Waals surface area contributed by atoms with Gasteiger partial charge in [-0.3, -0.25) is 0 Å². The van der Waals surface area contributed by atoms with Gasteiger partial charge in [-0.15, -0.1) is 0 Å². The van der Waals surface area contributed by atoms with Gasteiger partial charge in [-0.05, 0) is 97.5 Å². The average Bonchev–Trinajstić information content (AvgIpc) is 2.98. The molecular weight excluding hydrogens is 296 g/mol. The van der Waals surface area contributed by atoms with Crippen molar-refractivity contribution in [3.63, 3.8) is 0 Å². The van der Waals surface area contributed by atoms with Gasteiger partial charge < -0.3 is 10.2 Å². The summed E-state index contributed by atoms with van der Waals surface area (Å²) in [5, 5.41) is 21.4. The smallest absolute Gasteiger partial charge is 0.115 e. The molecule has 2 N–H and O–H groups in total. The summed E-state index contributed by atoms with van der Waals surface area (Å²) in [4.78, 5) is 0. The molecule has 24 heavy (non-hydrogen) atoms. The summed E-state index contributed by atoms with van der Waals surface area (Å²) >= 11 is 0. The number of aliphatic hydroxyl groups is 1. The summed E-state index contributed by atoms with van der Waals surface area (Å²) in [5.41, 5.74) is 3.32. The van der Waals surface area contributed by atoms with Gasteiger partial charge in [0.15, 0.2) is 0 Å². The highest BCUT2D eigenvalue weighted by Gasteiger charge is 2.67. The second kappa shape index (κ2) is 4.66. The fourth-order valence-corrected chi connectivity index (χ4v) is 7.30. The van der Waals surface area contributed by atoms with Crippen LogP contribution in [0.15, 0.2) is 30.4 Å². The van der Waals surface area contributed by atoms with Crippen LogP contribution in [0.4, 0.5) is 0 Å². The van der Waals surface area contributed by atoms with E-state index in [1.54, 1.807) is 0 Å². The topological polar surface area (TPSA) is 40.5 Å². The molecule has 1 aromatic carbocycles. The number of phenols is 1. The van der Waals surface area contributed by atoms with Crippen LogP contribution in [0.1, 0.15) is 62.5 Å². The van der Waals surface area contributed by atoms with E-state index in [0.29, 0.717) is 29.4 Å². The molecule has 0 unspecified atom stereocenters. The average molecular weight is 324 g/mol. The molecular formula is C22H28O2. The lowest BCUT2D eigenvalue weighted by Crippen LogP contribution is -2.52. The van der Waals surface area contributed by atoms with Crippen LogP contribution in [0.3, 0.4) is 0 Å². The first-order valence-corrected chi connectivity index (χ1v) is 9.67. The van der Waals surface area contributed by atoms with Gasteiger partial charge >= 0.3 is 0 Å². The largest absolute Gasteiger partial charge is 0.508 e. The summed E-state index contributed by atoms with van der Waals surface area (Å²) in [6.45, 7) is 6.63. The van der Waals surface area contributed by atoms with E-state index in [-0.39, 0.29) is 5.41 Å². The minimum atomic E-state index is -0.613. The van der Waals surface area contributed by atoms with E-state index >= 15 is 0 Å². The molecule has 6 atom stereocenters. The van der Waals surface area contributed by atoms with Crippen molar-refractivity contribution in [1.29, 1.82) is 0 Å². The molecule has 4 aliphatic rings.